The van der Waals surface area contributed by atoms with Crippen molar-refractivity contribution in [3.63, 3.8) is 0 Å². The molecule has 33 heavy (non-hydrogen) atoms. The number of sulfonamides is 1. The summed E-state index contributed by atoms with van der Waals surface area (Å²) >= 11 is 0. The van der Waals surface area contributed by atoms with Crippen LogP contribution in [0.1, 0.15) is 28.7 Å². The molecule has 0 aromatic heterocycles. The smallest absolute Gasteiger partial charge is 0.240 e. The quantitative estimate of drug-likeness (QED) is 0.331. The number of nitrogens with two attached hydrogens (primary N) is 1. The molecule has 2 aromatic carbocycles. The maximum absolute atomic E-state index is 12.8. The van der Waals surface area contributed by atoms with Gasteiger partial charge in [-0.15, -0.1) is 24.8 Å². The lowest BCUT2D eigenvalue weighted by atomic mass is 10.0. The van der Waals surface area contributed by atoms with E-state index in [1.807, 2.05) is 18.2 Å². The number of carbonyl (C=O) groups excluding carboxylic acids is 1. The van der Waals surface area contributed by atoms with Gasteiger partial charge in [0.15, 0.2) is 0 Å². The molecule has 2 aromatic rings. The third-order valence-corrected chi connectivity index (χ3v) is 7.34. The summed E-state index contributed by atoms with van der Waals surface area (Å²) in [4.78, 5) is 14.7. The van der Waals surface area contributed by atoms with Crippen LogP contribution in [0.2, 0.25) is 0 Å². The molecule has 1 atom stereocenters. The van der Waals surface area contributed by atoms with Crippen LogP contribution < -0.4 is 15.8 Å². The summed E-state index contributed by atoms with van der Waals surface area (Å²) in [6.07, 6.45) is 1.49. The SMILES string of the molecule is Cl.Cl.N=C(N)c1cccc(CN2CC[C@@H](CNS(=O)(=O)c3ccc4c(c3)CNCC4)C2=O)c1. The summed E-state index contributed by atoms with van der Waals surface area (Å²) in [6.45, 7) is 2.64. The van der Waals surface area contributed by atoms with Gasteiger partial charge < -0.3 is 16.0 Å². The summed E-state index contributed by atoms with van der Waals surface area (Å²) in [7, 11) is -3.68. The molecule has 8 nitrogen and oxygen atoms in total. The summed E-state index contributed by atoms with van der Waals surface area (Å²) in [5.74, 6) is -0.463. The van der Waals surface area contributed by atoms with Gasteiger partial charge in [-0.2, -0.15) is 0 Å². The number of amidine groups is 1. The predicted molar refractivity (Wildman–Crippen MR) is 133 cm³/mol. The highest BCUT2D eigenvalue weighted by Gasteiger charge is 2.32. The second-order valence-electron chi connectivity index (χ2n) is 8.07. The second-order valence-corrected chi connectivity index (χ2v) is 9.84. The van der Waals surface area contributed by atoms with Crippen molar-refractivity contribution in [3.05, 3.63) is 64.7 Å². The first-order valence-electron chi connectivity index (χ1n) is 10.4. The molecule has 1 amide bonds. The van der Waals surface area contributed by atoms with Gasteiger partial charge in [0.1, 0.15) is 5.84 Å². The van der Waals surface area contributed by atoms with Crippen LogP contribution in [0.4, 0.5) is 0 Å². The normalized spacial score (nSPS) is 17.6. The minimum atomic E-state index is -3.68. The number of rotatable bonds is 7. The summed E-state index contributed by atoms with van der Waals surface area (Å²) in [5.41, 5.74) is 9.23. The Morgan fingerprint density at radius 1 is 1.18 bits per heavy atom. The number of benzene rings is 2. The molecule has 2 aliphatic rings. The average Bonchev–Trinajstić information content (AvgIpc) is 3.11. The highest BCUT2D eigenvalue weighted by molar-refractivity contribution is 7.89. The fourth-order valence-electron chi connectivity index (χ4n) is 4.13. The van der Waals surface area contributed by atoms with E-state index in [1.165, 1.54) is 5.56 Å². The van der Waals surface area contributed by atoms with Crippen LogP contribution in [0.3, 0.4) is 0 Å². The van der Waals surface area contributed by atoms with Gasteiger partial charge in [0.2, 0.25) is 15.9 Å². The van der Waals surface area contributed by atoms with E-state index in [0.29, 0.717) is 31.6 Å². The van der Waals surface area contributed by atoms with Gasteiger partial charge in [0.25, 0.3) is 0 Å². The van der Waals surface area contributed by atoms with E-state index in [-0.39, 0.29) is 53.9 Å². The van der Waals surface area contributed by atoms with Crippen LogP contribution in [0.5, 0.6) is 0 Å². The molecule has 11 heteroatoms. The minimum absolute atomic E-state index is 0. The molecule has 180 valence electrons. The molecule has 0 bridgehead atoms. The van der Waals surface area contributed by atoms with Gasteiger partial charge in [-0.3, -0.25) is 10.2 Å². The molecular weight excluding hydrogens is 485 g/mol. The Labute approximate surface area is 206 Å². The minimum Gasteiger partial charge on any atom is -0.384 e. The van der Waals surface area contributed by atoms with Gasteiger partial charge in [-0.1, -0.05) is 24.3 Å². The monoisotopic (exact) mass is 513 g/mol. The van der Waals surface area contributed by atoms with Crippen molar-refractivity contribution in [2.45, 2.75) is 30.8 Å². The Balaban J connectivity index is 0.00000193. The Morgan fingerprint density at radius 3 is 2.73 bits per heavy atom. The number of nitrogens with zero attached hydrogens (tertiary/aromatic N) is 1. The lowest BCUT2D eigenvalue weighted by molar-refractivity contribution is -0.131. The topological polar surface area (TPSA) is 128 Å². The van der Waals surface area contributed by atoms with E-state index in [9.17, 15) is 13.2 Å². The number of nitrogen functional groups attached to an aromatic ring is 1. The second kappa shape index (κ2) is 11.3. The molecule has 4 rings (SSSR count). The Morgan fingerprint density at radius 2 is 1.97 bits per heavy atom. The summed E-state index contributed by atoms with van der Waals surface area (Å²) < 4.78 is 28.2. The third-order valence-electron chi connectivity index (χ3n) is 5.91. The third kappa shape index (κ3) is 6.24. The number of likely N-dealkylation sites (tertiary alicyclic amines) is 1. The van der Waals surface area contributed by atoms with Crippen molar-refractivity contribution < 1.29 is 13.2 Å². The standard InChI is InChI=1S/C22H27N5O3S.2ClH/c23-21(24)17-3-1-2-15(10-17)14-27-9-7-18(22(27)28)13-26-31(29,30)20-5-4-16-6-8-25-12-19(16)11-20;;/h1-5,10-11,18,25-26H,6-9,12-14H2,(H3,23,24);2*1H/t18-;;/m0../s1. The van der Waals surface area contributed by atoms with Gasteiger partial charge >= 0.3 is 0 Å². The first kappa shape index (κ1) is 27.1. The van der Waals surface area contributed by atoms with E-state index in [1.54, 1.807) is 29.2 Å². The number of fused-ring (bicyclic) bond motifs is 1. The number of carbonyl (C=O) groups is 1. The lowest BCUT2D eigenvalue weighted by Gasteiger charge is -2.19. The highest BCUT2D eigenvalue weighted by atomic mass is 35.5. The van der Waals surface area contributed by atoms with Gasteiger partial charge in [-0.05, 0) is 54.3 Å². The van der Waals surface area contributed by atoms with Gasteiger partial charge in [0, 0.05) is 31.7 Å². The number of halogens is 2. The molecule has 0 radical (unpaired) electrons. The molecule has 0 aliphatic carbocycles. The zero-order valence-electron chi connectivity index (χ0n) is 18.0. The van der Waals surface area contributed by atoms with E-state index < -0.39 is 10.0 Å². The number of hydrogen-bond donors (Lipinski definition) is 4. The molecule has 0 saturated carbocycles. The number of amides is 1. The predicted octanol–water partition coefficient (Wildman–Crippen LogP) is 1.79. The van der Waals surface area contributed by atoms with Crippen LogP contribution in [0, 0.1) is 11.3 Å². The zero-order valence-corrected chi connectivity index (χ0v) is 20.5. The first-order valence-corrected chi connectivity index (χ1v) is 11.9. The van der Waals surface area contributed by atoms with Gasteiger partial charge in [-0.25, -0.2) is 13.1 Å². The fraction of sp³-hybridized carbons (Fsp3) is 0.364. The summed E-state index contributed by atoms with van der Waals surface area (Å²) in [6, 6.07) is 12.5. The molecule has 2 aliphatic heterocycles. The fourth-order valence-corrected chi connectivity index (χ4v) is 5.26. The molecule has 1 saturated heterocycles. The Hall–Kier alpha value is -2.17. The summed E-state index contributed by atoms with van der Waals surface area (Å²) in [5, 5.41) is 10.8. The van der Waals surface area contributed by atoms with Crippen molar-refractivity contribution in [2.75, 3.05) is 19.6 Å². The zero-order chi connectivity index (χ0) is 22.0. The number of nitrogens with one attached hydrogen (secondary N) is 3. The van der Waals surface area contributed by atoms with Crippen LogP contribution in [0.25, 0.3) is 0 Å². The van der Waals surface area contributed by atoms with Crippen LogP contribution in [0.15, 0.2) is 47.4 Å². The van der Waals surface area contributed by atoms with Crippen molar-refractivity contribution in [1.29, 1.82) is 5.41 Å². The van der Waals surface area contributed by atoms with Crippen molar-refractivity contribution in [1.82, 2.24) is 14.9 Å². The van der Waals surface area contributed by atoms with E-state index in [4.69, 9.17) is 11.1 Å². The van der Waals surface area contributed by atoms with Gasteiger partial charge in [0.05, 0.1) is 10.8 Å². The van der Waals surface area contributed by atoms with Crippen LogP contribution in [-0.4, -0.2) is 44.7 Å². The number of hydrogen-bond acceptors (Lipinski definition) is 5. The molecular formula is C22H29Cl2N5O3S. The van der Waals surface area contributed by atoms with Crippen molar-refractivity contribution >= 4 is 46.6 Å². The Kier molecular flexibility index (Phi) is 9.28. The molecule has 2 heterocycles. The highest BCUT2D eigenvalue weighted by Crippen LogP contribution is 2.22. The Bertz CT molecular complexity index is 1130. The molecule has 0 spiro atoms. The molecule has 1 fully saturated rings. The van der Waals surface area contributed by atoms with E-state index >= 15 is 0 Å². The molecule has 5 N–H and O–H groups in total. The first-order chi connectivity index (χ1) is 14.8. The maximum Gasteiger partial charge on any atom is 0.240 e. The van der Waals surface area contributed by atoms with E-state index in [0.717, 1.165) is 24.1 Å². The van der Waals surface area contributed by atoms with Crippen molar-refractivity contribution in [3.8, 4) is 0 Å². The lowest BCUT2D eigenvalue weighted by Crippen LogP contribution is -2.34. The van der Waals surface area contributed by atoms with Crippen LogP contribution >= 0.6 is 24.8 Å². The van der Waals surface area contributed by atoms with E-state index in [2.05, 4.69) is 10.0 Å². The average molecular weight is 514 g/mol. The van der Waals surface area contributed by atoms with Crippen molar-refractivity contribution in [2.24, 2.45) is 11.7 Å². The van der Waals surface area contributed by atoms with Crippen LogP contribution in [-0.2, 0) is 34.3 Å². The largest absolute Gasteiger partial charge is 0.384 e. The molecule has 0 unspecified atom stereocenters. The maximum atomic E-state index is 12.8.